The molecule has 1 rings (SSSR count). The van der Waals surface area contributed by atoms with Crippen molar-refractivity contribution in [3.8, 4) is 0 Å². The molecule has 0 aliphatic carbocycles. The first kappa shape index (κ1) is 11.1. The van der Waals surface area contributed by atoms with Gasteiger partial charge in [0.15, 0.2) is 0 Å². The molecule has 0 saturated carbocycles. The molecule has 2 unspecified atom stereocenters. The van der Waals surface area contributed by atoms with E-state index in [0.717, 1.165) is 12.1 Å². The van der Waals surface area contributed by atoms with Crippen molar-refractivity contribution in [1.29, 1.82) is 0 Å². The lowest BCUT2D eigenvalue weighted by Gasteiger charge is -2.19. The maximum absolute atomic E-state index is 12.9. The lowest BCUT2D eigenvalue weighted by molar-refractivity contribution is 0.462. The van der Waals surface area contributed by atoms with Crippen molar-refractivity contribution < 1.29 is 4.39 Å². The summed E-state index contributed by atoms with van der Waals surface area (Å²) in [6.45, 7) is 5.17. The van der Waals surface area contributed by atoms with Gasteiger partial charge in [0.05, 0.1) is 6.20 Å². The zero-order chi connectivity index (χ0) is 10.6. The molecule has 3 heteroatoms. The molecule has 0 saturated heterocycles. The van der Waals surface area contributed by atoms with Crippen molar-refractivity contribution >= 4 is 0 Å². The number of halogens is 1. The van der Waals surface area contributed by atoms with Crippen molar-refractivity contribution in [3.05, 3.63) is 29.8 Å². The maximum atomic E-state index is 12.9. The van der Waals surface area contributed by atoms with E-state index in [4.69, 9.17) is 0 Å². The highest BCUT2D eigenvalue weighted by Gasteiger charge is 2.14. The Morgan fingerprint density at radius 2 is 2.14 bits per heavy atom. The van der Waals surface area contributed by atoms with Crippen LogP contribution in [0.3, 0.4) is 0 Å². The molecule has 14 heavy (non-hydrogen) atoms. The quantitative estimate of drug-likeness (QED) is 0.798. The monoisotopic (exact) mass is 196 g/mol. The first-order chi connectivity index (χ1) is 6.65. The van der Waals surface area contributed by atoms with Crippen LogP contribution in [-0.4, -0.2) is 18.6 Å². The Morgan fingerprint density at radius 1 is 1.43 bits per heavy atom. The van der Waals surface area contributed by atoms with E-state index >= 15 is 0 Å². The largest absolute Gasteiger partial charge is 0.319 e. The highest BCUT2D eigenvalue weighted by Crippen LogP contribution is 2.23. The Kier molecular flexibility index (Phi) is 4.01. The van der Waals surface area contributed by atoms with Crippen LogP contribution in [0.1, 0.15) is 25.3 Å². The van der Waals surface area contributed by atoms with Crippen LogP contribution in [0.5, 0.6) is 0 Å². The molecule has 0 bridgehead atoms. The molecule has 0 aliphatic rings. The molecular weight excluding hydrogens is 179 g/mol. The van der Waals surface area contributed by atoms with E-state index in [1.54, 1.807) is 12.3 Å². The first-order valence-corrected chi connectivity index (χ1v) is 4.90. The third kappa shape index (κ3) is 2.77. The summed E-state index contributed by atoms with van der Waals surface area (Å²) in [7, 11) is 1.92. The molecule has 78 valence electrons. The Labute approximate surface area is 84.6 Å². The Bertz CT molecular complexity index is 288. The van der Waals surface area contributed by atoms with Crippen molar-refractivity contribution in [3.63, 3.8) is 0 Å². The zero-order valence-electron chi connectivity index (χ0n) is 8.92. The molecule has 0 fully saturated rings. The number of aromatic nitrogens is 1. The number of nitrogens with zero attached hydrogens (tertiary/aromatic N) is 1. The first-order valence-electron chi connectivity index (χ1n) is 4.90. The minimum Gasteiger partial charge on any atom is -0.319 e. The molecule has 1 N–H and O–H groups in total. The van der Waals surface area contributed by atoms with E-state index in [2.05, 4.69) is 24.1 Å². The van der Waals surface area contributed by atoms with Gasteiger partial charge in [0, 0.05) is 6.20 Å². The van der Waals surface area contributed by atoms with Gasteiger partial charge in [0.25, 0.3) is 0 Å². The van der Waals surface area contributed by atoms with Gasteiger partial charge < -0.3 is 5.32 Å². The molecule has 2 nitrogen and oxygen atoms in total. The summed E-state index contributed by atoms with van der Waals surface area (Å²) < 4.78 is 12.9. The number of hydrogen-bond donors (Lipinski definition) is 1. The van der Waals surface area contributed by atoms with E-state index in [0.29, 0.717) is 11.8 Å². The standard InChI is InChI=1S/C11H17FN2/c1-8(5-13-3)9(2)10-4-11(12)7-14-6-10/h4,6-9,13H,5H2,1-3H3. The fourth-order valence-corrected chi connectivity index (χ4v) is 1.50. The van der Waals surface area contributed by atoms with E-state index in [9.17, 15) is 4.39 Å². The normalized spacial score (nSPS) is 15.1. The van der Waals surface area contributed by atoms with Gasteiger partial charge >= 0.3 is 0 Å². The van der Waals surface area contributed by atoms with Gasteiger partial charge in [-0.3, -0.25) is 4.98 Å². The van der Waals surface area contributed by atoms with Gasteiger partial charge in [-0.2, -0.15) is 0 Å². The van der Waals surface area contributed by atoms with Crippen LogP contribution in [-0.2, 0) is 0 Å². The van der Waals surface area contributed by atoms with Gasteiger partial charge in [0.1, 0.15) is 5.82 Å². The number of pyridine rings is 1. The van der Waals surface area contributed by atoms with Crippen LogP contribution in [0.4, 0.5) is 4.39 Å². The fraction of sp³-hybridized carbons (Fsp3) is 0.545. The van der Waals surface area contributed by atoms with Gasteiger partial charge in [-0.1, -0.05) is 13.8 Å². The lowest BCUT2D eigenvalue weighted by atomic mass is 9.90. The van der Waals surface area contributed by atoms with Gasteiger partial charge in [-0.25, -0.2) is 4.39 Å². The average molecular weight is 196 g/mol. The van der Waals surface area contributed by atoms with Gasteiger partial charge in [-0.05, 0) is 37.1 Å². The summed E-state index contributed by atoms with van der Waals surface area (Å²) in [6.07, 6.45) is 2.97. The van der Waals surface area contributed by atoms with Crippen molar-refractivity contribution in [2.75, 3.05) is 13.6 Å². The molecule has 0 spiro atoms. The summed E-state index contributed by atoms with van der Waals surface area (Å²) in [6, 6.07) is 1.56. The fourth-order valence-electron chi connectivity index (χ4n) is 1.50. The zero-order valence-corrected chi connectivity index (χ0v) is 8.92. The summed E-state index contributed by atoms with van der Waals surface area (Å²) in [5.74, 6) is 0.542. The van der Waals surface area contributed by atoms with E-state index in [1.165, 1.54) is 6.20 Å². The van der Waals surface area contributed by atoms with Crippen LogP contribution in [0, 0.1) is 11.7 Å². The summed E-state index contributed by atoms with van der Waals surface area (Å²) >= 11 is 0. The van der Waals surface area contributed by atoms with Gasteiger partial charge in [-0.15, -0.1) is 0 Å². The molecule has 0 aliphatic heterocycles. The van der Waals surface area contributed by atoms with Crippen molar-refractivity contribution in [2.45, 2.75) is 19.8 Å². The third-order valence-corrected chi connectivity index (χ3v) is 2.63. The molecule has 0 radical (unpaired) electrons. The Hall–Kier alpha value is -0.960. The minimum atomic E-state index is -0.258. The molecule has 1 aromatic rings. The maximum Gasteiger partial charge on any atom is 0.141 e. The topological polar surface area (TPSA) is 24.9 Å². The predicted octanol–water partition coefficient (Wildman–Crippen LogP) is 2.18. The molecule has 0 aromatic carbocycles. The highest BCUT2D eigenvalue weighted by molar-refractivity contribution is 5.15. The van der Waals surface area contributed by atoms with Crippen LogP contribution < -0.4 is 5.32 Å². The van der Waals surface area contributed by atoms with E-state index in [1.807, 2.05) is 7.05 Å². The summed E-state index contributed by atoms with van der Waals surface area (Å²) in [4.78, 5) is 3.85. The number of hydrogen-bond acceptors (Lipinski definition) is 2. The van der Waals surface area contributed by atoms with Crippen molar-refractivity contribution in [1.82, 2.24) is 10.3 Å². The third-order valence-electron chi connectivity index (χ3n) is 2.63. The Morgan fingerprint density at radius 3 is 2.71 bits per heavy atom. The molecule has 1 aromatic heterocycles. The van der Waals surface area contributed by atoms with Crippen LogP contribution in [0.15, 0.2) is 18.5 Å². The summed E-state index contributed by atoms with van der Waals surface area (Å²) in [5, 5.41) is 3.12. The average Bonchev–Trinajstić information content (AvgIpc) is 2.17. The highest BCUT2D eigenvalue weighted by atomic mass is 19.1. The van der Waals surface area contributed by atoms with Gasteiger partial charge in [0.2, 0.25) is 0 Å². The number of rotatable bonds is 4. The second kappa shape index (κ2) is 5.05. The second-order valence-corrected chi connectivity index (χ2v) is 3.76. The lowest BCUT2D eigenvalue weighted by Crippen LogP contribution is -2.20. The van der Waals surface area contributed by atoms with Crippen molar-refractivity contribution in [2.24, 2.45) is 5.92 Å². The minimum absolute atomic E-state index is 0.258. The Balaban J connectivity index is 2.73. The predicted molar refractivity (Wildman–Crippen MR) is 55.7 cm³/mol. The SMILES string of the molecule is CNCC(C)C(C)c1cncc(F)c1. The molecular formula is C11H17FN2. The van der Waals surface area contributed by atoms with Crippen LogP contribution >= 0.6 is 0 Å². The van der Waals surface area contributed by atoms with Crippen LogP contribution in [0.25, 0.3) is 0 Å². The van der Waals surface area contributed by atoms with E-state index in [-0.39, 0.29) is 5.82 Å². The molecule has 2 atom stereocenters. The summed E-state index contributed by atoms with van der Waals surface area (Å²) in [5.41, 5.74) is 0.966. The van der Waals surface area contributed by atoms with Crippen LogP contribution in [0.2, 0.25) is 0 Å². The number of nitrogens with one attached hydrogen (secondary N) is 1. The molecule has 1 heterocycles. The van der Waals surface area contributed by atoms with E-state index < -0.39 is 0 Å². The second-order valence-electron chi connectivity index (χ2n) is 3.76. The smallest absolute Gasteiger partial charge is 0.141 e. The molecule has 0 amide bonds.